The monoisotopic (exact) mass is 304 g/mol. The third kappa shape index (κ3) is 3.81. The molecule has 0 aliphatic heterocycles. The van der Waals surface area contributed by atoms with E-state index in [1.165, 1.54) is 24.3 Å². The van der Waals surface area contributed by atoms with Gasteiger partial charge in [0.25, 0.3) is 10.0 Å². The number of hydrogen-bond acceptors (Lipinski definition) is 3. The van der Waals surface area contributed by atoms with Crippen molar-refractivity contribution in [3.8, 4) is 11.8 Å². The van der Waals surface area contributed by atoms with Crippen LogP contribution in [-0.2, 0) is 10.0 Å². The minimum Gasteiger partial charge on any atom is -0.320 e. The number of nitrogens with one attached hydrogen (secondary N) is 1. The van der Waals surface area contributed by atoms with Gasteiger partial charge in [0.2, 0.25) is 0 Å². The standard InChI is InChI=1S/C15H13FN2O2S/c16-13-7-3-8-14(11-13)18-21(19,20)15-9-2-1-5-12(15)6-4-10-17/h1-3,5,7-9,11,18H,10,17H2. The van der Waals surface area contributed by atoms with Gasteiger partial charge in [-0.05, 0) is 30.3 Å². The van der Waals surface area contributed by atoms with Gasteiger partial charge in [-0.3, -0.25) is 4.72 Å². The molecule has 0 fully saturated rings. The van der Waals surface area contributed by atoms with Gasteiger partial charge in [-0.2, -0.15) is 0 Å². The summed E-state index contributed by atoms with van der Waals surface area (Å²) in [7, 11) is -3.85. The van der Waals surface area contributed by atoms with Crippen LogP contribution < -0.4 is 10.5 Å². The van der Waals surface area contributed by atoms with Crippen LogP contribution in [0.3, 0.4) is 0 Å². The van der Waals surface area contributed by atoms with E-state index in [1.54, 1.807) is 18.2 Å². The molecule has 0 aromatic heterocycles. The Morgan fingerprint density at radius 1 is 1.14 bits per heavy atom. The molecule has 0 bridgehead atoms. The Kier molecular flexibility index (Phi) is 4.58. The number of hydrogen-bond donors (Lipinski definition) is 2. The summed E-state index contributed by atoms with van der Waals surface area (Å²) in [5, 5.41) is 0. The van der Waals surface area contributed by atoms with Crippen molar-refractivity contribution in [3.05, 3.63) is 59.9 Å². The molecule has 0 aliphatic rings. The van der Waals surface area contributed by atoms with Crippen LogP contribution >= 0.6 is 0 Å². The minimum atomic E-state index is -3.85. The first-order valence-corrected chi connectivity index (χ1v) is 7.57. The minimum absolute atomic E-state index is 0.0233. The molecule has 0 atom stereocenters. The molecule has 2 rings (SSSR count). The molecule has 108 valence electrons. The molecule has 6 heteroatoms. The lowest BCUT2D eigenvalue weighted by atomic mass is 10.2. The summed E-state index contributed by atoms with van der Waals surface area (Å²) >= 11 is 0. The van der Waals surface area contributed by atoms with Crippen LogP contribution in [0.15, 0.2) is 53.4 Å². The predicted molar refractivity (Wildman–Crippen MR) is 79.6 cm³/mol. The summed E-state index contributed by atoms with van der Waals surface area (Å²) in [6, 6.07) is 11.5. The molecule has 2 aromatic rings. The zero-order valence-electron chi connectivity index (χ0n) is 11.0. The number of rotatable bonds is 3. The normalized spacial score (nSPS) is 10.6. The molecule has 0 saturated heterocycles. The zero-order chi connectivity index (χ0) is 15.3. The predicted octanol–water partition coefficient (Wildman–Crippen LogP) is 1.94. The molecule has 2 aromatic carbocycles. The van der Waals surface area contributed by atoms with Gasteiger partial charge in [0.15, 0.2) is 0 Å². The Hall–Kier alpha value is -2.36. The van der Waals surface area contributed by atoms with E-state index >= 15 is 0 Å². The van der Waals surface area contributed by atoms with Crippen LogP contribution in [0.5, 0.6) is 0 Å². The van der Waals surface area contributed by atoms with Gasteiger partial charge in [0, 0.05) is 5.56 Å². The van der Waals surface area contributed by atoms with Gasteiger partial charge in [-0.15, -0.1) is 0 Å². The molecule has 0 spiro atoms. The lowest BCUT2D eigenvalue weighted by molar-refractivity contribution is 0.601. The maximum atomic E-state index is 13.1. The topological polar surface area (TPSA) is 72.2 Å². The van der Waals surface area contributed by atoms with E-state index in [2.05, 4.69) is 16.6 Å². The van der Waals surface area contributed by atoms with Crippen molar-refractivity contribution in [1.29, 1.82) is 0 Å². The van der Waals surface area contributed by atoms with Gasteiger partial charge in [-0.25, -0.2) is 12.8 Å². The van der Waals surface area contributed by atoms with E-state index in [0.29, 0.717) is 5.56 Å². The molecule has 0 saturated carbocycles. The maximum Gasteiger partial charge on any atom is 0.263 e. The van der Waals surface area contributed by atoms with E-state index in [1.807, 2.05) is 0 Å². The second-order valence-electron chi connectivity index (χ2n) is 4.12. The lowest BCUT2D eigenvalue weighted by Crippen LogP contribution is -2.14. The molecule has 3 N–H and O–H groups in total. The first-order valence-electron chi connectivity index (χ1n) is 6.09. The number of nitrogens with two attached hydrogens (primary N) is 1. The van der Waals surface area contributed by atoms with Crippen LogP contribution in [0, 0.1) is 17.7 Å². The van der Waals surface area contributed by atoms with E-state index in [9.17, 15) is 12.8 Å². The third-order valence-electron chi connectivity index (χ3n) is 2.58. The Bertz CT molecular complexity index is 808. The molecule has 0 aliphatic carbocycles. The van der Waals surface area contributed by atoms with Gasteiger partial charge in [0.1, 0.15) is 10.7 Å². The van der Waals surface area contributed by atoms with Crippen molar-refractivity contribution >= 4 is 15.7 Å². The highest BCUT2D eigenvalue weighted by Crippen LogP contribution is 2.19. The van der Waals surface area contributed by atoms with Gasteiger partial charge < -0.3 is 5.73 Å². The molecular weight excluding hydrogens is 291 g/mol. The first kappa shape index (κ1) is 15.0. The fraction of sp³-hybridized carbons (Fsp3) is 0.0667. The van der Waals surface area contributed by atoms with Crippen molar-refractivity contribution in [2.75, 3.05) is 11.3 Å². The molecule has 0 radical (unpaired) electrons. The first-order chi connectivity index (χ1) is 10.0. The van der Waals surface area contributed by atoms with Crippen LogP contribution in [0.2, 0.25) is 0 Å². The quantitative estimate of drug-likeness (QED) is 0.851. The van der Waals surface area contributed by atoms with E-state index < -0.39 is 15.8 Å². The van der Waals surface area contributed by atoms with Gasteiger partial charge in [0.05, 0.1) is 12.2 Å². The summed E-state index contributed by atoms with van der Waals surface area (Å²) in [5.41, 5.74) is 5.78. The van der Waals surface area contributed by atoms with Crippen molar-refractivity contribution in [2.24, 2.45) is 5.73 Å². The van der Waals surface area contributed by atoms with Crippen LogP contribution in [0.1, 0.15) is 5.56 Å². The summed E-state index contributed by atoms with van der Waals surface area (Å²) in [6.45, 7) is 0.131. The highest BCUT2D eigenvalue weighted by atomic mass is 32.2. The third-order valence-corrected chi connectivity index (χ3v) is 4.02. The van der Waals surface area contributed by atoms with E-state index in [0.717, 1.165) is 6.07 Å². The Labute approximate surface area is 122 Å². The molecule has 21 heavy (non-hydrogen) atoms. The Morgan fingerprint density at radius 3 is 2.62 bits per heavy atom. The van der Waals surface area contributed by atoms with Crippen LogP contribution in [-0.4, -0.2) is 15.0 Å². The van der Waals surface area contributed by atoms with Crippen molar-refractivity contribution in [3.63, 3.8) is 0 Å². The molecular formula is C15H13FN2O2S. The highest BCUT2D eigenvalue weighted by Gasteiger charge is 2.17. The lowest BCUT2D eigenvalue weighted by Gasteiger charge is -2.09. The maximum absolute atomic E-state index is 13.1. The number of sulfonamides is 1. The second-order valence-corrected chi connectivity index (χ2v) is 5.77. The fourth-order valence-corrected chi connectivity index (χ4v) is 2.93. The SMILES string of the molecule is NCC#Cc1ccccc1S(=O)(=O)Nc1cccc(F)c1. The zero-order valence-corrected chi connectivity index (χ0v) is 11.8. The molecule has 0 unspecified atom stereocenters. The number of anilines is 1. The fourth-order valence-electron chi connectivity index (χ4n) is 1.71. The Morgan fingerprint density at radius 2 is 1.90 bits per heavy atom. The number of halogens is 1. The molecule has 4 nitrogen and oxygen atoms in total. The van der Waals surface area contributed by atoms with Crippen molar-refractivity contribution in [1.82, 2.24) is 0 Å². The van der Waals surface area contributed by atoms with Gasteiger partial charge >= 0.3 is 0 Å². The summed E-state index contributed by atoms with van der Waals surface area (Å²) < 4.78 is 40.2. The van der Waals surface area contributed by atoms with Gasteiger partial charge in [-0.1, -0.05) is 30.0 Å². The summed E-state index contributed by atoms with van der Waals surface area (Å²) in [4.78, 5) is 0.0233. The number of benzene rings is 2. The average molecular weight is 304 g/mol. The largest absolute Gasteiger partial charge is 0.320 e. The van der Waals surface area contributed by atoms with Crippen LogP contribution in [0.4, 0.5) is 10.1 Å². The smallest absolute Gasteiger partial charge is 0.263 e. The summed E-state index contributed by atoms with van der Waals surface area (Å²) in [5.74, 6) is 4.80. The van der Waals surface area contributed by atoms with E-state index in [4.69, 9.17) is 5.73 Å². The second kappa shape index (κ2) is 6.39. The van der Waals surface area contributed by atoms with Crippen molar-refractivity contribution in [2.45, 2.75) is 4.90 Å². The average Bonchev–Trinajstić information content (AvgIpc) is 2.45. The van der Waals surface area contributed by atoms with Crippen LogP contribution in [0.25, 0.3) is 0 Å². The summed E-state index contributed by atoms with van der Waals surface area (Å²) in [6.07, 6.45) is 0. The molecule has 0 amide bonds. The Balaban J connectivity index is 2.40. The van der Waals surface area contributed by atoms with E-state index in [-0.39, 0.29) is 17.1 Å². The van der Waals surface area contributed by atoms with Crippen molar-refractivity contribution < 1.29 is 12.8 Å². The highest BCUT2D eigenvalue weighted by molar-refractivity contribution is 7.92. The molecule has 0 heterocycles.